The topological polar surface area (TPSA) is 69.6 Å². The van der Waals surface area contributed by atoms with Gasteiger partial charge in [-0.15, -0.1) is 0 Å². The summed E-state index contributed by atoms with van der Waals surface area (Å²) in [5, 5.41) is 9.94. The van der Waals surface area contributed by atoms with Crippen LogP contribution >= 0.6 is 23.2 Å². The van der Waals surface area contributed by atoms with Crippen LogP contribution in [-0.2, 0) is 10.0 Å². The second-order valence-electron chi connectivity index (χ2n) is 5.93. The van der Waals surface area contributed by atoms with Gasteiger partial charge in [0.05, 0.1) is 5.02 Å². The fraction of sp³-hybridized carbons (Fsp3) is 0.294. The fourth-order valence-corrected chi connectivity index (χ4v) is 4.67. The number of hydrogen-bond acceptors (Lipinski definition) is 4. The third-order valence-corrected chi connectivity index (χ3v) is 6.02. The number of benzene rings is 2. The van der Waals surface area contributed by atoms with E-state index in [0.29, 0.717) is 5.69 Å². The van der Waals surface area contributed by atoms with E-state index in [1.807, 2.05) is 12.1 Å². The van der Waals surface area contributed by atoms with E-state index in [-0.39, 0.29) is 14.9 Å². The second-order valence-corrected chi connectivity index (χ2v) is 8.43. The van der Waals surface area contributed by atoms with Gasteiger partial charge >= 0.3 is 0 Å². The number of anilines is 2. The Kier molecular flexibility index (Phi) is 5.32. The SMILES string of the molecule is O=S(=O)(Nc1ccc(N2CCCCC2)cc1)c1cc(Cl)cc(Cl)c1O. The zero-order valence-corrected chi connectivity index (χ0v) is 15.7. The van der Waals surface area contributed by atoms with Crippen LogP contribution in [0.4, 0.5) is 11.4 Å². The standard InChI is InChI=1S/C17H18Cl2N2O3S/c18-12-10-15(19)17(22)16(11-12)25(23,24)20-13-4-6-14(7-5-13)21-8-2-1-3-9-21/h4-7,10-11,20,22H,1-3,8-9H2. The molecular weight excluding hydrogens is 383 g/mol. The van der Waals surface area contributed by atoms with E-state index in [9.17, 15) is 13.5 Å². The summed E-state index contributed by atoms with van der Waals surface area (Å²) in [6.45, 7) is 2.03. The summed E-state index contributed by atoms with van der Waals surface area (Å²) in [5.74, 6) is -0.525. The quantitative estimate of drug-likeness (QED) is 0.792. The lowest BCUT2D eigenvalue weighted by molar-refractivity contribution is 0.459. The smallest absolute Gasteiger partial charge is 0.265 e. The van der Waals surface area contributed by atoms with Gasteiger partial charge in [0.1, 0.15) is 4.90 Å². The summed E-state index contributed by atoms with van der Waals surface area (Å²) in [6.07, 6.45) is 3.59. The molecule has 134 valence electrons. The number of nitrogens with zero attached hydrogens (tertiary/aromatic N) is 1. The Bertz CT molecular complexity index is 864. The van der Waals surface area contributed by atoms with Gasteiger partial charge < -0.3 is 10.0 Å². The number of hydrogen-bond donors (Lipinski definition) is 2. The van der Waals surface area contributed by atoms with Crippen LogP contribution in [0.2, 0.25) is 10.0 Å². The summed E-state index contributed by atoms with van der Waals surface area (Å²) >= 11 is 11.6. The number of sulfonamides is 1. The first-order valence-electron chi connectivity index (χ1n) is 7.93. The van der Waals surface area contributed by atoms with Gasteiger partial charge in [0.25, 0.3) is 10.0 Å². The van der Waals surface area contributed by atoms with Gasteiger partial charge in [-0.3, -0.25) is 4.72 Å². The molecule has 2 aromatic carbocycles. The Hall–Kier alpha value is -1.63. The summed E-state index contributed by atoms with van der Waals surface area (Å²) in [4.78, 5) is 1.93. The third kappa shape index (κ3) is 4.14. The number of piperidine rings is 1. The number of halogens is 2. The van der Waals surface area contributed by atoms with Crippen LogP contribution in [0.25, 0.3) is 0 Å². The van der Waals surface area contributed by atoms with Crippen LogP contribution in [0.3, 0.4) is 0 Å². The molecule has 0 bridgehead atoms. The van der Waals surface area contributed by atoms with E-state index in [1.54, 1.807) is 12.1 Å². The normalized spacial score (nSPS) is 15.2. The average Bonchev–Trinajstić information content (AvgIpc) is 2.59. The summed E-state index contributed by atoms with van der Waals surface area (Å²) in [6, 6.07) is 9.61. The largest absolute Gasteiger partial charge is 0.505 e. The van der Waals surface area contributed by atoms with Crippen LogP contribution in [-0.4, -0.2) is 26.6 Å². The fourth-order valence-electron chi connectivity index (χ4n) is 2.85. The lowest BCUT2D eigenvalue weighted by Crippen LogP contribution is -2.29. The molecule has 0 unspecified atom stereocenters. The van der Waals surface area contributed by atoms with Gasteiger partial charge in [0.15, 0.2) is 5.75 Å². The molecule has 5 nitrogen and oxygen atoms in total. The molecule has 0 spiro atoms. The van der Waals surface area contributed by atoms with Gasteiger partial charge in [-0.05, 0) is 55.7 Å². The second kappa shape index (κ2) is 7.32. The Morgan fingerprint density at radius 3 is 2.28 bits per heavy atom. The lowest BCUT2D eigenvalue weighted by atomic mass is 10.1. The van der Waals surface area contributed by atoms with E-state index in [0.717, 1.165) is 24.8 Å². The van der Waals surface area contributed by atoms with E-state index >= 15 is 0 Å². The first kappa shape index (κ1) is 18.2. The molecule has 0 aromatic heterocycles. The van der Waals surface area contributed by atoms with Crippen molar-refractivity contribution in [2.75, 3.05) is 22.7 Å². The molecule has 2 aromatic rings. The molecule has 3 rings (SSSR count). The van der Waals surface area contributed by atoms with Crippen molar-refractivity contribution in [2.24, 2.45) is 0 Å². The molecule has 1 fully saturated rings. The Morgan fingerprint density at radius 2 is 1.64 bits per heavy atom. The maximum Gasteiger partial charge on any atom is 0.265 e. The van der Waals surface area contributed by atoms with E-state index in [1.165, 1.54) is 25.3 Å². The minimum absolute atomic E-state index is 0.117. The van der Waals surface area contributed by atoms with Crippen molar-refractivity contribution in [3.05, 3.63) is 46.4 Å². The predicted octanol–water partition coefficient (Wildman–Crippen LogP) is 4.49. The highest BCUT2D eigenvalue weighted by atomic mass is 35.5. The molecule has 1 heterocycles. The van der Waals surface area contributed by atoms with Gasteiger partial charge in [0.2, 0.25) is 0 Å². The highest BCUT2D eigenvalue weighted by molar-refractivity contribution is 7.92. The van der Waals surface area contributed by atoms with Crippen molar-refractivity contribution in [2.45, 2.75) is 24.2 Å². The van der Waals surface area contributed by atoms with Crippen molar-refractivity contribution >= 4 is 44.6 Å². The molecule has 0 aliphatic carbocycles. The minimum Gasteiger partial charge on any atom is -0.505 e. The van der Waals surface area contributed by atoms with Crippen LogP contribution in [0.15, 0.2) is 41.3 Å². The zero-order valence-electron chi connectivity index (χ0n) is 13.4. The minimum atomic E-state index is -4.01. The molecule has 2 N–H and O–H groups in total. The highest BCUT2D eigenvalue weighted by Gasteiger charge is 2.22. The molecule has 1 aliphatic rings. The molecule has 1 aliphatic heterocycles. The lowest BCUT2D eigenvalue weighted by Gasteiger charge is -2.28. The number of phenolic OH excluding ortho intramolecular Hbond substituents is 1. The van der Waals surface area contributed by atoms with E-state index in [4.69, 9.17) is 23.2 Å². The molecule has 0 amide bonds. The summed E-state index contributed by atoms with van der Waals surface area (Å²) < 4.78 is 27.5. The maximum absolute atomic E-state index is 12.5. The van der Waals surface area contributed by atoms with Crippen molar-refractivity contribution in [3.63, 3.8) is 0 Å². The van der Waals surface area contributed by atoms with Crippen molar-refractivity contribution in [1.82, 2.24) is 0 Å². The first-order valence-corrected chi connectivity index (χ1v) is 10.2. The molecule has 0 saturated carbocycles. The number of aromatic hydroxyl groups is 1. The van der Waals surface area contributed by atoms with Gasteiger partial charge in [-0.2, -0.15) is 0 Å². The Balaban J connectivity index is 1.81. The molecule has 0 atom stereocenters. The Morgan fingerprint density at radius 1 is 1.00 bits per heavy atom. The third-order valence-electron chi connectivity index (χ3n) is 4.12. The number of phenols is 1. The highest BCUT2D eigenvalue weighted by Crippen LogP contribution is 2.35. The molecular formula is C17H18Cl2N2O3S. The summed E-state index contributed by atoms with van der Waals surface area (Å²) in [5.41, 5.74) is 1.47. The van der Waals surface area contributed by atoms with Gasteiger partial charge in [-0.25, -0.2) is 8.42 Å². The maximum atomic E-state index is 12.5. The van der Waals surface area contributed by atoms with Gasteiger partial charge in [0, 0.05) is 29.5 Å². The first-order chi connectivity index (χ1) is 11.9. The molecule has 25 heavy (non-hydrogen) atoms. The monoisotopic (exact) mass is 400 g/mol. The molecule has 1 saturated heterocycles. The van der Waals surface area contributed by atoms with Crippen LogP contribution in [0.5, 0.6) is 5.75 Å². The zero-order chi connectivity index (χ0) is 18.0. The van der Waals surface area contributed by atoms with Crippen molar-refractivity contribution in [1.29, 1.82) is 0 Å². The summed E-state index contributed by atoms with van der Waals surface area (Å²) in [7, 11) is -4.01. The Labute approximate surface area is 157 Å². The molecule has 8 heteroatoms. The van der Waals surface area contributed by atoms with E-state index in [2.05, 4.69) is 9.62 Å². The van der Waals surface area contributed by atoms with Gasteiger partial charge in [-0.1, -0.05) is 23.2 Å². The van der Waals surface area contributed by atoms with Crippen LogP contribution in [0, 0.1) is 0 Å². The van der Waals surface area contributed by atoms with Crippen molar-refractivity contribution < 1.29 is 13.5 Å². The molecule has 0 radical (unpaired) electrons. The van der Waals surface area contributed by atoms with Crippen LogP contribution in [0.1, 0.15) is 19.3 Å². The van der Waals surface area contributed by atoms with Crippen molar-refractivity contribution in [3.8, 4) is 5.75 Å². The van der Waals surface area contributed by atoms with Crippen LogP contribution < -0.4 is 9.62 Å². The predicted molar refractivity (Wildman–Crippen MR) is 101 cm³/mol. The number of nitrogens with one attached hydrogen (secondary N) is 1. The average molecular weight is 401 g/mol. The van der Waals surface area contributed by atoms with E-state index < -0.39 is 15.8 Å². The number of rotatable bonds is 4.